The summed E-state index contributed by atoms with van der Waals surface area (Å²) in [5.74, 6) is -0.550. The van der Waals surface area contributed by atoms with E-state index in [2.05, 4.69) is 0 Å². The quantitative estimate of drug-likeness (QED) is 0.900. The van der Waals surface area contributed by atoms with Gasteiger partial charge in [-0.05, 0) is 12.1 Å². The number of ether oxygens (including phenoxy) is 1. The van der Waals surface area contributed by atoms with E-state index in [1.165, 1.54) is 11.0 Å². The van der Waals surface area contributed by atoms with Gasteiger partial charge >= 0.3 is 0 Å². The Balaban J connectivity index is 2.08. The maximum absolute atomic E-state index is 13.9. The first-order chi connectivity index (χ1) is 10.8. The molecule has 5 nitrogen and oxygen atoms in total. The van der Waals surface area contributed by atoms with Crippen LogP contribution in [0.4, 0.5) is 4.39 Å². The van der Waals surface area contributed by atoms with E-state index in [0.29, 0.717) is 30.3 Å². The minimum Gasteiger partial charge on any atom is -0.386 e. The zero-order valence-electron chi connectivity index (χ0n) is 13.4. The average molecular weight is 345 g/mol. The van der Waals surface area contributed by atoms with Crippen LogP contribution in [0.3, 0.4) is 0 Å². The van der Waals surface area contributed by atoms with Crippen LogP contribution in [0.2, 0.25) is 5.02 Å². The maximum Gasteiger partial charge on any atom is 0.225 e. The van der Waals surface area contributed by atoms with Crippen LogP contribution in [0, 0.1) is 5.82 Å². The number of rotatable bonds is 4. The number of amides is 1. The van der Waals surface area contributed by atoms with E-state index in [1.54, 1.807) is 26.2 Å². The number of nitrogens with zero attached hydrogens (tertiary/aromatic N) is 2. The molecule has 1 aromatic rings. The molecule has 0 saturated carbocycles. The van der Waals surface area contributed by atoms with Gasteiger partial charge in [0.1, 0.15) is 11.4 Å². The van der Waals surface area contributed by atoms with Gasteiger partial charge in [-0.1, -0.05) is 17.7 Å². The van der Waals surface area contributed by atoms with E-state index < -0.39 is 5.60 Å². The Morgan fingerprint density at radius 2 is 2.26 bits per heavy atom. The molecule has 1 heterocycles. The first-order valence-electron chi connectivity index (χ1n) is 7.46. The number of halogens is 2. The second-order valence-corrected chi connectivity index (χ2v) is 6.62. The third-order valence-corrected chi connectivity index (χ3v) is 4.06. The van der Waals surface area contributed by atoms with Crippen LogP contribution in [-0.2, 0) is 16.1 Å². The third-order valence-electron chi connectivity index (χ3n) is 3.83. The van der Waals surface area contributed by atoms with Crippen molar-refractivity contribution >= 4 is 17.5 Å². The third kappa shape index (κ3) is 5.14. The van der Waals surface area contributed by atoms with Crippen molar-refractivity contribution < 1.29 is 19.0 Å². The highest BCUT2D eigenvalue weighted by Gasteiger charge is 2.35. The second kappa shape index (κ2) is 7.57. The summed E-state index contributed by atoms with van der Waals surface area (Å²) in [7, 11) is 3.29. The molecule has 2 rings (SSSR count). The summed E-state index contributed by atoms with van der Waals surface area (Å²) in [5, 5.41) is 11.0. The maximum atomic E-state index is 13.9. The van der Waals surface area contributed by atoms with Gasteiger partial charge < -0.3 is 14.7 Å². The highest BCUT2D eigenvalue weighted by atomic mass is 35.5. The van der Waals surface area contributed by atoms with Gasteiger partial charge in [-0.15, -0.1) is 0 Å². The molecule has 0 spiro atoms. The molecule has 0 aliphatic carbocycles. The van der Waals surface area contributed by atoms with Crippen LogP contribution < -0.4 is 0 Å². The highest BCUT2D eigenvalue weighted by Crippen LogP contribution is 2.21. The fourth-order valence-corrected chi connectivity index (χ4v) is 2.73. The minimum absolute atomic E-state index is 0.0282. The van der Waals surface area contributed by atoms with Crippen LogP contribution in [-0.4, -0.2) is 66.8 Å². The van der Waals surface area contributed by atoms with E-state index in [1.807, 2.05) is 4.90 Å². The van der Waals surface area contributed by atoms with Crippen LogP contribution >= 0.6 is 11.6 Å². The highest BCUT2D eigenvalue weighted by molar-refractivity contribution is 6.30. The summed E-state index contributed by atoms with van der Waals surface area (Å²) in [6, 6.07) is 4.54. The van der Waals surface area contributed by atoms with Gasteiger partial charge in [-0.25, -0.2) is 4.39 Å². The van der Waals surface area contributed by atoms with Gasteiger partial charge in [-0.2, -0.15) is 0 Å². The Kier molecular flexibility index (Phi) is 5.97. The number of β-amino-alcohol motifs (C(OH)–C–C–N with tert-alkyl or cyclic N) is 1. The van der Waals surface area contributed by atoms with E-state index in [0.717, 1.165) is 0 Å². The summed E-state index contributed by atoms with van der Waals surface area (Å²) in [6.07, 6.45) is -0.0282. The Morgan fingerprint density at radius 1 is 1.52 bits per heavy atom. The van der Waals surface area contributed by atoms with Crippen molar-refractivity contribution in [1.82, 2.24) is 9.80 Å². The Hall–Kier alpha value is -1.21. The van der Waals surface area contributed by atoms with Gasteiger partial charge in [-0.3, -0.25) is 9.69 Å². The standard InChI is InChI=1S/C16H22ClFN2O3/c1-19(2)15(21)8-16(22)10-20(5-6-23-11-16)9-12-3-4-13(17)7-14(12)18/h3-4,7,22H,5-6,8-11H2,1-2H3/t16-/m1/s1. The molecule has 128 valence electrons. The second-order valence-electron chi connectivity index (χ2n) is 6.19. The average Bonchev–Trinajstić information content (AvgIpc) is 2.63. The van der Waals surface area contributed by atoms with Crippen molar-refractivity contribution in [2.24, 2.45) is 0 Å². The molecule has 1 atom stereocenters. The molecular weight excluding hydrogens is 323 g/mol. The van der Waals surface area contributed by atoms with Crippen molar-refractivity contribution in [3.63, 3.8) is 0 Å². The van der Waals surface area contributed by atoms with E-state index in [-0.39, 0.29) is 31.3 Å². The lowest BCUT2D eigenvalue weighted by atomic mass is 9.99. The Bertz CT molecular complexity index is 570. The summed E-state index contributed by atoms with van der Waals surface area (Å²) < 4.78 is 19.4. The number of hydrogen-bond donors (Lipinski definition) is 1. The van der Waals surface area contributed by atoms with Crippen LogP contribution in [0.25, 0.3) is 0 Å². The molecule has 7 heteroatoms. The molecule has 0 radical (unpaired) electrons. The SMILES string of the molecule is CN(C)C(=O)C[C@]1(O)COCCN(Cc2ccc(Cl)cc2F)C1. The lowest BCUT2D eigenvalue weighted by Gasteiger charge is -2.31. The number of benzene rings is 1. The number of hydrogen-bond acceptors (Lipinski definition) is 4. The molecule has 1 aliphatic heterocycles. The largest absolute Gasteiger partial charge is 0.386 e. The normalized spacial score (nSPS) is 22.7. The van der Waals surface area contributed by atoms with Crippen molar-refractivity contribution in [2.45, 2.75) is 18.6 Å². The zero-order valence-corrected chi connectivity index (χ0v) is 14.1. The molecule has 1 aromatic carbocycles. The lowest BCUT2D eigenvalue weighted by Crippen LogP contribution is -2.47. The van der Waals surface area contributed by atoms with Gasteiger partial charge in [0.25, 0.3) is 0 Å². The van der Waals surface area contributed by atoms with Gasteiger partial charge in [0.15, 0.2) is 0 Å². The van der Waals surface area contributed by atoms with Crippen molar-refractivity contribution in [3.8, 4) is 0 Å². The minimum atomic E-state index is -1.28. The molecule has 1 saturated heterocycles. The van der Waals surface area contributed by atoms with E-state index in [4.69, 9.17) is 16.3 Å². The summed E-state index contributed by atoms with van der Waals surface area (Å²) in [5.41, 5.74) is -0.779. The monoisotopic (exact) mass is 344 g/mol. The van der Waals surface area contributed by atoms with Gasteiger partial charge in [0, 0.05) is 44.3 Å². The van der Waals surface area contributed by atoms with Crippen molar-refractivity contribution in [2.75, 3.05) is 40.4 Å². The van der Waals surface area contributed by atoms with Crippen molar-refractivity contribution in [1.29, 1.82) is 0 Å². The van der Waals surface area contributed by atoms with Crippen LogP contribution in [0.15, 0.2) is 18.2 Å². The smallest absolute Gasteiger partial charge is 0.225 e. The summed E-state index contributed by atoms with van der Waals surface area (Å²) >= 11 is 5.76. The first-order valence-corrected chi connectivity index (χ1v) is 7.83. The molecule has 1 N–H and O–H groups in total. The molecule has 1 fully saturated rings. The Labute approximate surface area is 140 Å². The molecule has 1 aliphatic rings. The molecular formula is C16H22ClFN2O3. The van der Waals surface area contributed by atoms with Gasteiger partial charge in [0.05, 0.1) is 19.6 Å². The summed E-state index contributed by atoms with van der Waals surface area (Å²) in [6.45, 7) is 1.64. The molecule has 0 bridgehead atoms. The molecule has 0 unspecified atom stereocenters. The summed E-state index contributed by atoms with van der Waals surface area (Å²) in [4.78, 5) is 15.2. The van der Waals surface area contributed by atoms with Crippen LogP contribution in [0.1, 0.15) is 12.0 Å². The number of aliphatic hydroxyl groups is 1. The Morgan fingerprint density at radius 3 is 2.91 bits per heavy atom. The first kappa shape index (κ1) is 18.1. The van der Waals surface area contributed by atoms with Crippen molar-refractivity contribution in [3.05, 3.63) is 34.6 Å². The lowest BCUT2D eigenvalue weighted by molar-refractivity contribution is -0.136. The van der Waals surface area contributed by atoms with Gasteiger partial charge in [0.2, 0.25) is 5.91 Å². The van der Waals surface area contributed by atoms with Crippen LogP contribution in [0.5, 0.6) is 0 Å². The molecule has 23 heavy (non-hydrogen) atoms. The molecule has 0 aromatic heterocycles. The van der Waals surface area contributed by atoms with E-state index >= 15 is 0 Å². The zero-order chi connectivity index (χ0) is 17.0. The topological polar surface area (TPSA) is 53.0 Å². The number of carbonyl (C=O) groups is 1. The number of carbonyl (C=O) groups excluding carboxylic acids is 1. The molecule has 1 amide bonds. The van der Waals surface area contributed by atoms with E-state index in [9.17, 15) is 14.3 Å². The predicted octanol–water partition coefficient (Wildman–Crippen LogP) is 1.52. The predicted molar refractivity (Wildman–Crippen MR) is 85.8 cm³/mol. The fourth-order valence-electron chi connectivity index (χ4n) is 2.57. The fraction of sp³-hybridized carbons (Fsp3) is 0.562.